The standard InChI is InChI=1S/C16H27BrN2/c1-6-12(3)11-19(7-2)16-9-8-14(10-15(16)17)13(4)18-5/h8-10,12-13,18H,6-7,11H2,1-5H3. The lowest BCUT2D eigenvalue weighted by molar-refractivity contribution is 0.547. The molecule has 2 unspecified atom stereocenters. The van der Waals surface area contributed by atoms with Crippen molar-refractivity contribution in [2.45, 2.75) is 40.2 Å². The van der Waals surface area contributed by atoms with Gasteiger partial charge in [-0.3, -0.25) is 0 Å². The van der Waals surface area contributed by atoms with E-state index in [1.165, 1.54) is 22.1 Å². The van der Waals surface area contributed by atoms with E-state index in [4.69, 9.17) is 0 Å². The van der Waals surface area contributed by atoms with Gasteiger partial charge in [0.2, 0.25) is 0 Å². The maximum absolute atomic E-state index is 3.73. The summed E-state index contributed by atoms with van der Waals surface area (Å²) in [5.41, 5.74) is 2.62. The molecule has 108 valence electrons. The molecule has 1 aromatic rings. The Morgan fingerprint density at radius 2 is 1.95 bits per heavy atom. The van der Waals surface area contributed by atoms with Gasteiger partial charge in [0.25, 0.3) is 0 Å². The van der Waals surface area contributed by atoms with Crippen molar-refractivity contribution >= 4 is 21.6 Å². The lowest BCUT2D eigenvalue weighted by atomic mass is 10.1. The first-order chi connectivity index (χ1) is 9.03. The molecular formula is C16H27BrN2. The quantitative estimate of drug-likeness (QED) is 0.787. The first kappa shape index (κ1) is 16.5. The van der Waals surface area contributed by atoms with Gasteiger partial charge < -0.3 is 10.2 Å². The lowest BCUT2D eigenvalue weighted by Crippen LogP contribution is -2.28. The summed E-state index contributed by atoms with van der Waals surface area (Å²) in [5.74, 6) is 0.725. The van der Waals surface area contributed by atoms with Gasteiger partial charge in [0.05, 0.1) is 5.69 Å². The number of nitrogens with one attached hydrogen (secondary N) is 1. The molecule has 3 heteroatoms. The van der Waals surface area contributed by atoms with Gasteiger partial charge in [-0.15, -0.1) is 0 Å². The summed E-state index contributed by atoms with van der Waals surface area (Å²) in [7, 11) is 1.99. The summed E-state index contributed by atoms with van der Waals surface area (Å²) >= 11 is 3.73. The molecule has 1 N–H and O–H groups in total. The molecule has 0 aliphatic carbocycles. The Morgan fingerprint density at radius 3 is 2.42 bits per heavy atom. The van der Waals surface area contributed by atoms with Crippen LogP contribution in [-0.2, 0) is 0 Å². The third-order valence-electron chi connectivity index (χ3n) is 3.86. The molecule has 0 spiro atoms. The molecule has 2 nitrogen and oxygen atoms in total. The average molecular weight is 327 g/mol. The fraction of sp³-hybridized carbons (Fsp3) is 0.625. The predicted octanol–water partition coefficient (Wildman–Crippen LogP) is 4.60. The SMILES string of the molecule is CCC(C)CN(CC)c1ccc(C(C)NC)cc1Br. The van der Waals surface area contributed by atoms with E-state index in [9.17, 15) is 0 Å². The van der Waals surface area contributed by atoms with Gasteiger partial charge in [-0.05, 0) is 60.4 Å². The van der Waals surface area contributed by atoms with Gasteiger partial charge in [-0.1, -0.05) is 26.3 Å². The van der Waals surface area contributed by atoms with Crippen LogP contribution < -0.4 is 10.2 Å². The van der Waals surface area contributed by atoms with E-state index in [-0.39, 0.29) is 0 Å². The molecule has 0 heterocycles. The second kappa shape index (κ2) is 7.91. The van der Waals surface area contributed by atoms with Crippen molar-refractivity contribution in [2.75, 3.05) is 25.0 Å². The molecule has 19 heavy (non-hydrogen) atoms. The number of hydrogen-bond donors (Lipinski definition) is 1. The van der Waals surface area contributed by atoms with E-state index in [1.807, 2.05) is 7.05 Å². The number of halogens is 1. The molecule has 0 aliphatic heterocycles. The molecule has 0 amide bonds. The van der Waals surface area contributed by atoms with Gasteiger partial charge in [0.1, 0.15) is 0 Å². The number of rotatable bonds is 7. The van der Waals surface area contributed by atoms with Crippen molar-refractivity contribution in [1.29, 1.82) is 0 Å². The van der Waals surface area contributed by atoms with Crippen molar-refractivity contribution in [1.82, 2.24) is 5.32 Å². The maximum Gasteiger partial charge on any atom is 0.0510 e. The smallest absolute Gasteiger partial charge is 0.0510 e. The van der Waals surface area contributed by atoms with E-state index in [0.717, 1.165) is 19.0 Å². The summed E-state index contributed by atoms with van der Waals surface area (Å²) in [4.78, 5) is 2.45. The molecule has 0 aromatic heterocycles. The van der Waals surface area contributed by atoms with Gasteiger partial charge in [0, 0.05) is 23.6 Å². The predicted molar refractivity (Wildman–Crippen MR) is 89.0 cm³/mol. The largest absolute Gasteiger partial charge is 0.371 e. The topological polar surface area (TPSA) is 15.3 Å². The monoisotopic (exact) mass is 326 g/mol. The van der Waals surface area contributed by atoms with Crippen molar-refractivity contribution in [3.8, 4) is 0 Å². The van der Waals surface area contributed by atoms with E-state index < -0.39 is 0 Å². The lowest BCUT2D eigenvalue weighted by Gasteiger charge is -2.28. The van der Waals surface area contributed by atoms with Crippen molar-refractivity contribution in [2.24, 2.45) is 5.92 Å². The number of hydrogen-bond acceptors (Lipinski definition) is 2. The Bertz CT molecular complexity index is 392. The minimum absolute atomic E-state index is 0.384. The molecule has 1 aromatic carbocycles. The zero-order valence-corrected chi connectivity index (χ0v) is 14.4. The normalized spacial score (nSPS) is 14.2. The van der Waals surface area contributed by atoms with Crippen LogP contribution in [0, 0.1) is 5.92 Å². The van der Waals surface area contributed by atoms with Crippen LogP contribution in [0.3, 0.4) is 0 Å². The van der Waals surface area contributed by atoms with E-state index >= 15 is 0 Å². The van der Waals surface area contributed by atoms with Gasteiger partial charge in [-0.25, -0.2) is 0 Å². The van der Waals surface area contributed by atoms with Crippen molar-refractivity contribution in [3.05, 3.63) is 28.2 Å². The highest BCUT2D eigenvalue weighted by Crippen LogP contribution is 2.30. The summed E-state index contributed by atoms with van der Waals surface area (Å²) in [6.45, 7) is 11.1. The second-order valence-corrected chi connectivity index (χ2v) is 6.13. The van der Waals surface area contributed by atoms with E-state index in [0.29, 0.717) is 6.04 Å². The Labute approximate surface area is 126 Å². The van der Waals surface area contributed by atoms with Crippen LogP contribution >= 0.6 is 15.9 Å². The fourth-order valence-electron chi connectivity index (χ4n) is 2.12. The maximum atomic E-state index is 3.73. The van der Waals surface area contributed by atoms with Crippen LogP contribution in [0.5, 0.6) is 0 Å². The summed E-state index contributed by atoms with van der Waals surface area (Å²) in [5, 5.41) is 3.28. The Balaban J connectivity index is 2.93. The molecular weight excluding hydrogens is 300 g/mol. The summed E-state index contributed by atoms with van der Waals surface area (Å²) < 4.78 is 1.19. The molecule has 0 saturated heterocycles. The Morgan fingerprint density at radius 1 is 1.26 bits per heavy atom. The van der Waals surface area contributed by atoms with Crippen LogP contribution in [0.1, 0.15) is 45.7 Å². The fourth-order valence-corrected chi connectivity index (χ4v) is 2.77. The third-order valence-corrected chi connectivity index (χ3v) is 4.49. The minimum Gasteiger partial charge on any atom is -0.371 e. The summed E-state index contributed by atoms with van der Waals surface area (Å²) in [6.07, 6.45) is 1.23. The zero-order chi connectivity index (χ0) is 14.4. The minimum atomic E-state index is 0.384. The molecule has 0 radical (unpaired) electrons. The second-order valence-electron chi connectivity index (χ2n) is 5.27. The zero-order valence-electron chi connectivity index (χ0n) is 12.8. The van der Waals surface area contributed by atoms with Crippen LogP contribution in [0.4, 0.5) is 5.69 Å². The van der Waals surface area contributed by atoms with Crippen LogP contribution in [0.2, 0.25) is 0 Å². The molecule has 1 rings (SSSR count). The molecule has 0 bridgehead atoms. The summed E-state index contributed by atoms with van der Waals surface area (Å²) in [6, 6.07) is 7.07. The van der Waals surface area contributed by atoms with Crippen LogP contribution in [0.25, 0.3) is 0 Å². The Kier molecular flexibility index (Phi) is 6.87. The highest BCUT2D eigenvalue weighted by molar-refractivity contribution is 9.10. The highest BCUT2D eigenvalue weighted by atomic mass is 79.9. The number of nitrogens with zero attached hydrogens (tertiary/aromatic N) is 1. The molecule has 0 aliphatic rings. The van der Waals surface area contributed by atoms with Gasteiger partial charge >= 0.3 is 0 Å². The van der Waals surface area contributed by atoms with E-state index in [1.54, 1.807) is 0 Å². The van der Waals surface area contributed by atoms with Crippen molar-refractivity contribution < 1.29 is 0 Å². The first-order valence-corrected chi connectivity index (χ1v) is 8.04. The molecule has 0 fully saturated rings. The highest BCUT2D eigenvalue weighted by Gasteiger charge is 2.13. The van der Waals surface area contributed by atoms with E-state index in [2.05, 4.69) is 72.0 Å². The molecule has 0 saturated carbocycles. The Hall–Kier alpha value is -0.540. The van der Waals surface area contributed by atoms with Crippen LogP contribution in [0.15, 0.2) is 22.7 Å². The van der Waals surface area contributed by atoms with Crippen molar-refractivity contribution in [3.63, 3.8) is 0 Å². The molecule has 2 atom stereocenters. The van der Waals surface area contributed by atoms with Gasteiger partial charge in [0.15, 0.2) is 0 Å². The number of benzene rings is 1. The first-order valence-electron chi connectivity index (χ1n) is 7.25. The third kappa shape index (κ3) is 4.50. The van der Waals surface area contributed by atoms with Gasteiger partial charge in [-0.2, -0.15) is 0 Å². The average Bonchev–Trinajstić information content (AvgIpc) is 2.43. The number of anilines is 1. The van der Waals surface area contributed by atoms with Crippen LogP contribution in [-0.4, -0.2) is 20.1 Å².